The number of hydrogen-bond acceptors (Lipinski definition) is 4. The summed E-state index contributed by atoms with van der Waals surface area (Å²) in [6.45, 7) is 1.61. The smallest absolute Gasteiger partial charge is 0.267 e. The minimum absolute atomic E-state index is 0.154. The molecule has 0 spiro atoms. The van der Waals surface area contributed by atoms with Crippen molar-refractivity contribution >= 4 is 11.6 Å². The van der Waals surface area contributed by atoms with Gasteiger partial charge in [-0.1, -0.05) is 0 Å². The van der Waals surface area contributed by atoms with E-state index in [0.29, 0.717) is 11.3 Å². The second kappa shape index (κ2) is 5.80. The largest absolute Gasteiger partial charge is 0.324 e. The molecular weight excluding hydrogens is 256 g/mol. The third-order valence-electron chi connectivity index (χ3n) is 2.60. The van der Waals surface area contributed by atoms with Crippen LogP contribution in [0.1, 0.15) is 11.1 Å². The van der Waals surface area contributed by atoms with Crippen molar-refractivity contribution in [1.82, 2.24) is 9.78 Å². The number of aromatic nitrogens is 2. The summed E-state index contributed by atoms with van der Waals surface area (Å²) in [6.07, 6.45) is 1.52. The minimum atomic E-state index is -0.354. The van der Waals surface area contributed by atoms with Gasteiger partial charge in [-0.2, -0.15) is 10.4 Å². The Hall–Kier alpha value is -2.94. The molecule has 0 aliphatic rings. The van der Waals surface area contributed by atoms with Crippen LogP contribution in [0, 0.1) is 18.3 Å². The van der Waals surface area contributed by atoms with E-state index in [-0.39, 0.29) is 18.0 Å². The first-order valence-corrected chi connectivity index (χ1v) is 5.92. The number of benzene rings is 1. The zero-order valence-electron chi connectivity index (χ0n) is 10.8. The van der Waals surface area contributed by atoms with Gasteiger partial charge in [0, 0.05) is 11.8 Å². The lowest BCUT2D eigenvalue weighted by Crippen LogP contribution is -2.29. The number of anilines is 1. The first kappa shape index (κ1) is 13.5. The second-order valence-corrected chi connectivity index (χ2v) is 4.27. The van der Waals surface area contributed by atoms with Gasteiger partial charge in [0.15, 0.2) is 0 Å². The molecule has 100 valence electrons. The molecule has 0 radical (unpaired) electrons. The molecule has 1 N–H and O–H groups in total. The van der Waals surface area contributed by atoms with E-state index in [0.717, 1.165) is 10.2 Å². The van der Waals surface area contributed by atoms with Gasteiger partial charge in [0.25, 0.3) is 5.56 Å². The SMILES string of the molecule is Cc1cnn(CC(=O)Nc2ccc(C#N)cc2)c(=O)c1. The number of carbonyl (C=O) groups excluding carboxylic acids is 1. The van der Waals surface area contributed by atoms with Crippen molar-refractivity contribution in [3.8, 4) is 6.07 Å². The van der Waals surface area contributed by atoms with Crippen molar-refractivity contribution in [3.05, 3.63) is 58.0 Å². The average Bonchev–Trinajstić information content (AvgIpc) is 2.43. The monoisotopic (exact) mass is 268 g/mol. The summed E-state index contributed by atoms with van der Waals surface area (Å²) in [4.78, 5) is 23.4. The Morgan fingerprint density at radius 1 is 1.40 bits per heavy atom. The highest BCUT2D eigenvalue weighted by atomic mass is 16.2. The fourth-order valence-corrected chi connectivity index (χ4v) is 1.61. The summed E-state index contributed by atoms with van der Waals surface area (Å²) in [5.41, 5.74) is 1.51. The third kappa shape index (κ3) is 3.29. The van der Waals surface area contributed by atoms with Gasteiger partial charge in [0.2, 0.25) is 5.91 Å². The van der Waals surface area contributed by atoms with Crippen LogP contribution in [0.4, 0.5) is 5.69 Å². The molecule has 0 bridgehead atoms. The summed E-state index contributed by atoms with van der Waals surface area (Å²) < 4.78 is 1.09. The van der Waals surface area contributed by atoms with E-state index in [4.69, 9.17) is 5.26 Å². The highest BCUT2D eigenvalue weighted by Gasteiger charge is 2.06. The van der Waals surface area contributed by atoms with E-state index >= 15 is 0 Å². The lowest BCUT2D eigenvalue weighted by Gasteiger charge is -2.06. The molecule has 20 heavy (non-hydrogen) atoms. The lowest BCUT2D eigenvalue weighted by atomic mass is 10.2. The summed E-state index contributed by atoms with van der Waals surface area (Å²) in [7, 11) is 0. The number of carbonyl (C=O) groups is 1. The van der Waals surface area contributed by atoms with E-state index < -0.39 is 0 Å². The summed E-state index contributed by atoms with van der Waals surface area (Å²) in [5.74, 6) is -0.354. The van der Waals surface area contributed by atoms with Gasteiger partial charge >= 0.3 is 0 Å². The average molecular weight is 268 g/mol. The van der Waals surface area contributed by atoms with E-state index in [1.165, 1.54) is 12.3 Å². The van der Waals surface area contributed by atoms with Crippen molar-refractivity contribution in [2.24, 2.45) is 0 Å². The molecule has 0 atom stereocenters. The van der Waals surface area contributed by atoms with Crippen LogP contribution in [-0.4, -0.2) is 15.7 Å². The van der Waals surface area contributed by atoms with Gasteiger partial charge in [-0.15, -0.1) is 0 Å². The molecule has 0 saturated carbocycles. The minimum Gasteiger partial charge on any atom is -0.324 e. The molecule has 6 heteroatoms. The Labute approximate surface area is 115 Å². The normalized spacial score (nSPS) is 9.80. The molecule has 0 aliphatic heterocycles. The highest BCUT2D eigenvalue weighted by Crippen LogP contribution is 2.08. The van der Waals surface area contributed by atoms with Crippen LogP contribution in [0.25, 0.3) is 0 Å². The molecule has 1 heterocycles. The summed E-state index contributed by atoms with van der Waals surface area (Å²) in [6, 6.07) is 9.87. The van der Waals surface area contributed by atoms with Crippen LogP contribution in [0.5, 0.6) is 0 Å². The van der Waals surface area contributed by atoms with Gasteiger partial charge in [-0.05, 0) is 36.8 Å². The number of amides is 1. The molecule has 1 aromatic carbocycles. The summed E-state index contributed by atoms with van der Waals surface area (Å²) in [5, 5.41) is 15.2. The zero-order chi connectivity index (χ0) is 14.5. The fourth-order valence-electron chi connectivity index (χ4n) is 1.61. The van der Waals surface area contributed by atoms with Crippen LogP contribution in [0.3, 0.4) is 0 Å². The van der Waals surface area contributed by atoms with E-state index in [2.05, 4.69) is 10.4 Å². The number of nitrogens with one attached hydrogen (secondary N) is 1. The molecule has 2 aromatic rings. The number of hydrogen-bond donors (Lipinski definition) is 1. The molecule has 1 amide bonds. The fraction of sp³-hybridized carbons (Fsp3) is 0.143. The number of aryl methyl sites for hydroxylation is 1. The quantitative estimate of drug-likeness (QED) is 0.901. The Morgan fingerprint density at radius 3 is 2.70 bits per heavy atom. The van der Waals surface area contributed by atoms with Gasteiger partial charge in [-0.25, -0.2) is 4.68 Å². The predicted octanol–water partition coefficient (Wildman–Crippen LogP) is 1.06. The zero-order valence-corrected chi connectivity index (χ0v) is 10.8. The van der Waals surface area contributed by atoms with Crippen LogP contribution in [-0.2, 0) is 11.3 Å². The van der Waals surface area contributed by atoms with E-state index in [1.54, 1.807) is 31.2 Å². The second-order valence-electron chi connectivity index (χ2n) is 4.27. The van der Waals surface area contributed by atoms with Crippen molar-refractivity contribution in [1.29, 1.82) is 5.26 Å². The van der Waals surface area contributed by atoms with Crippen molar-refractivity contribution in [2.75, 3.05) is 5.32 Å². The Kier molecular flexibility index (Phi) is 3.91. The standard InChI is InChI=1S/C14H12N4O2/c1-10-6-14(20)18(16-8-10)9-13(19)17-12-4-2-11(7-15)3-5-12/h2-6,8H,9H2,1H3,(H,17,19). The van der Waals surface area contributed by atoms with Gasteiger partial charge in [0.1, 0.15) is 6.54 Å². The molecule has 1 aromatic heterocycles. The molecule has 2 rings (SSSR count). The van der Waals surface area contributed by atoms with E-state index in [9.17, 15) is 9.59 Å². The summed E-state index contributed by atoms with van der Waals surface area (Å²) >= 11 is 0. The van der Waals surface area contributed by atoms with Crippen LogP contribution in [0.15, 0.2) is 41.3 Å². The van der Waals surface area contributed by atoms with Crippen molar-refractivity contribution < 1.29 is 4.79 Å². The Morgan fingerprint density at radius 2 is 2.10 bits per heavy atom. The van der Waals surface area contributed by atoms with Crippen molar-refractivity contribution in [3.63, 3.8) is 0 Å². The number of rotatable bonds is 3. The van der Waals surface area contributed by atoms with Gasteiger partial charge in [-0.3, -0.25) is 9.59 Å². The lowest BCUT2D eigenvalue weighted by molar-refractivity contribution is -0.117. The first-order chi connectivity index (χ1) is 9.58. The molecule has 0 unspecified atom stereocenters. The van der Waals surface area contributed by atoms with Crippen LogP contribution >= 0.6 is 0 Å². The van der Waals surface area contributed by atoms with Crippen molar-refractivity contribution in [2.45, 2.75) is 13.5 Å². The third-order valence-corrected chi connectivity index (χ3v) is 2.60. The van der Waals surface area contributed by atoms with Gasteiger partial charge in [0.05, 0.1) is 17.8 Å². The van der Waals surface area contributed by atoms with Crippen LogP contribution < -0.4 is 10.9 Å². The van der Waals surface area contributed by atoms with E-state index in [1.807, 2.05) is 6.07 Å². The van der Waals surface area contributed by atoms with Gasteiger partial charge < -0.3 is 5.32 Å². The molecule has 0 aliphatic carbocycles. The maximum absolute atomic E-state index is 11.8. The maximum Gasteiger partial charge on any atom is 0.267 e. The predicted molar refractivity (Wildman–Crippen MR) is 73.0 cm³/mol. The maximum atomic E-state index is 11.8. The molecule has 6 nitrogen and oxygen atoms in total. The molecular formula is C14H12N4O2. The Bertz CT molecular complexity index is 726. The Balaban J connectivity index is 2.05. The number of nitrogens with zero attached hydrogens (tertiary/aromatic N) is 3. The first-order valence-electron chi connectivity index (χ1n) is 5.92. The molecule has 0 saturated heterocycles. The molecule has 0 fully saturated rings. The number of nitriles is 1. The topological polar surface area (TPSA) is 87.8 Å². The highest BCUT2D eigenvalue weighted by molar-refractivity contribution is 5.90. The van der Waals surface area contributed by atoms with Crippen LogP contribution in [0.2, 0.25) is 0 Å².